The fraction of sp³-hybridized carbons (Fsp3) is 0.235. The van der Waals surface area contributed by atoms with E-state index in [1.165, 1.54) is 6.07 Å². The zero-order valence-electron chi connectivity index (χ0n) is 12.1. The van der Waals surface area contributed by atoms with Gasteiger partial charge in [0.1, 0.15) is 5.82 Å². The average molecular weight is 286 g/mol. The highest BCUT2D eigenvalue weighted by Crippen LogP contribution is 2.09. The number of carbonyl (C=O) groups excluding carboxylic acids is 1. The molecule has 0 bridgehead atoms. The quantitative estimate of drug-likeness (QED) is 0.883. The van der Waals surface area contributed by atoms with Gasteiger partial charge >= 0.3 is 0 Å². The smallest absolute Gasteiger partial charge is 0.225 e. The number of nitrogens with one attached hydrogen (secondary N) is 1. The third-order valence-electron chi connectivity index (χ3n) is 3.18. The zero-order chi connectivity index (χ0) is 15.1. The Morgan fingerprint density at radius 2 is 1.76 bits per heavy atom. The van der Waals surface area contributed by atoms with Crippen LogP contribution < -0.4 is 5.32 Å². The Kier molecular flexibility index (Phi) is 5.46. The first-order valence-electron chi connectivity index (χ1n) is 6.92. The molecule has 0 fully saturated rings. The minimum absolute atomic E-state index is 0.0402. The summed E-state index contributed by atoms with van der Waals surface area (Å²) >= 11 is 0. The van der Waals surface area contributed by atoms with Crippen molar-refractivity contribution < 1.29 is 9.18 Å². The van der Waals surface area contributed by atoms with Crippen molar-refractivity contribution in [2.45, 2.75) is 13.0 Å². The first-order chi connectivity index (χ1) is 10.1. The van der Waals surface area contributed by atoms with E-state index < -0.39 is 0 Å². The molecule has 4 heteroatoms. The summed E-state index contributed by atoms with van der Waals surface area (Å²) in [4.78, 5) is 13.8. The van der Waals surface area contributed by atoms with E-state index >= 15 is 0 Å². The molecule has 3 nitrogen and oxygen atoms in total. The van der Waals surface area contributed by atoms with E-state index in [0.717, 1.165) is 5.69 Å². The van der Waals surface area contributed by atoms with Crippen molar-refractivity contribution in [1.82, 2.24) is 4.90 Å². The molecule has 0 aliphatic heterocycles. The highest BCUT2D eigenvalue weighted by atomic mass is 19.1. The predicted molar refractivity (Wildman–Crippen MR) is 82.4 cm³/mol. The van der Waals surface area contributed by atoms with E-state index in [2.05, 4.69) is 5.32 Å². The normalized spacial score (nSPS) is 10.6. The number of benzene rings is 2. The number of anilines is 1. The molecule has 0 saturated heterocycles. The van der Waals surface area contributed by atoms with Crippen LogP contribution in [0.1, 0.15) is 12.0 Å². The van der Waals surface area contributed by atoms with Crippen molar-refractivity contribution in [1.29, 1.82) is 0 Å². The molecule has 0 radical (unpaired) electrons. The summed E-state index contributed by atoms with van der Waals surface area (Å²) in [7, 11) is 1.88. The van der Waals surface area contributed by atoms with Gasteiger partial charge in [-0.2, -0.15) is 0 Å². The minimum Gasteiger partial charge on any atom is -0.326 e. The number of rotatable bonds is 6. The molecule has 2 aromatic carbocycles. The summed E-state index contributed by atoms with van der Waals surface area (Å²) in [6.45, 7) is 1.07. The lowest BCUT2D eigenvalue weighted by Gasteiger charge is -2.16. The van der Waals surface area contributed by atoms with Crippen molar-refractivity contribution in [3.63, 3.8) is 0 Å². The van der Waals surface area contributed by atoms with Crippen LogP contribution in [0, 0.1) is 5.82 Å². The lowest BCUT2D eigenvalue weighted by atomic mass is 10.2. The molecule has 2 aromatic rings. The molecule has 1 amide bonds. The van der Waals surface area contributed by atoms with Crippen molar-refractivity contribution in [3.05, 3.63) is 66.0 Å². The maximum atomic E-state index is 13.5. The number of carbonyl (C=O) groups is 1. The van der Waals surface area contributed by atoms with E-state index in [9.17, 15) is 9.18 Å². The second-order valence-electron chi connectivity index (χ2n) is 4.99. The van der Waals surface area contributed by atoms with Crippen molar-refractivity contribution in [2.24, 2.45) is 0 Å². The Balaban J connectivity index is 1.77. The molecule has 0 aliphatic carbocycles. The summed E-state index contributed by atoms with van der Waals surface area (Å²) in [5, 5.41) is 2.83. The maximum Gasteiger partial charge on any atom is 0.225 e. The molecule has 0 saturated carbocycles. The van der Waals surface area contributed by atoms with Crippen LogP contribution in [-0.2, 0) is 11.3 Å². The number of halogens is 1. The Morgan fingerprint density at radius 3 is 2.48 bits per heavy atom. The van der Waals surface area contributed by atoms with Crippen LogP contribution in [0.4, 0.5) is 10.1 Å². The summed E-state index contributed by atoms with van der Waals surface area (Å²) in [5.41, 5.74) is 1.43. The molecule has 0 aliphatic rings. The van der Waals surface area contributed by atoms with Gasteiger partial charge in [-0.25, -0.2) is 4.39 Å². The molecule has 0 atom stereocenters. The van der Waals surface area contributed by atoms with E-state index in [4.69, 9.17) is 0 Å². The largest absolute Gasteiger partial charge is 0.326 e. The van der Waals surface area contributed by atoms with Crippen LogP contribution in [0.15, 0.2) is 54.6 Å². The van der Waals surface area contributed by atoms with Gasteiger partial charge in [0.2, 0.25) is 5.91 Å². The van der Waals surface area contributed by atoms with Gasteiger partial charge in [0.25, 0.3) is 0 Å². The van der Waals surface area contributed by atoms with Gasteiger partial charge in [-0.15, -0.1) is 0 Å². The average Bonchev–Trinajstić information content (AvgIpc) is 2.49. The fourth-order valence-corrected chi connectivity index (χ4v) is 2.03. The van der Waals surface area contributed by atoms with Crippen LogP contribution in [0.5, 0.6) is 0 Å². The van der Waals surface area contributed by atoms with Gasteiger partial charge in [-0.1, -0.05) is 36.4 Å². The number of amides is 1. The topological polar surface area (TPSA) is 32.3 Å². The van der Waals surface area contributed by atoms with E-state index in [1.54, 1.807) is 12.1 Å². The first kappa shape index (κ1) is 15.2. The SMILES string of the molecule is CN(CCC(=O)Nc1ccccc1)Cc1ccccc1F. The molecule has 0 spiro atoms. The van der Waals surface area contributed by atoms with Gasteiger partial charge in [0.05, 0.1) is 0 Å². The molecule has 21 heavy (non-hydrogen) atoms. The first-order valence-corrected chi connectivity index (χ1v) is 6.92. The van der Waals surface area contributed by atoms with Crippen LogP contribution in [0.3, 0.4) is 0 Å². The number of hydrogen-bond acceptors (Lipinski definition) is 2. The molecule has 0 unspecified atom stereocenters. The Labute approximate surface area is 124 Å². The molecule has 110 valence electrons. The van der Waals surface area contributed by atoms with Crippen LogP contribution >= 0.6 is 0 Å². The van der Waals surface area contributed by atoms with Gasteiger partial charge in [0, 0.05) is 30.8 Å². The standard InChI is InChI=1S/C17H19FN2O/c1-20(13-14-7-5-6-10-16(14)18)12-11-17(21)19-15-8-3-2-4-9-15/h2-10H,11-13H2,1H3,(H,19,21). The summed E-state index contributed by atoms with van der Waals surface area (Å²) in [6, 6.07) is 16.0. The highest BCUT2D eigenvalue weighted by molar-refractivity contribution is 5.90. The van der Waals surface area contributed by atoms with Crippen molar-refractivity contribution in [2.75, 3.05) is 18.9 Å². The molecule has 1 N–H and O–H groups in total. The fourth-order valence-electron chi connectivity index (χ4n) is 2.03. The lowest BCUT2D eigenvalue weighted by Crippen LogP contribution is -2.24. The van der Waals surface area contributed by atoms with Crippen molar-refractivity contribution in [3.8, 4) is 0 Å². The van der Waals surface area contributed by atoms with Gasteiger partial charge < -0.3 is 10.2 Å². The zero-order valence-corrected chi connectivity index (χ0v) is 12.1. The second-order valence-corrected chi connectivity index (χ2v) is 4.99. The minimum atomic E-state index is -0.210. The van der Waals surface area contributed by atoms with Crippen LogP contribution in [0.25, 0.3) is 0 Å². The van der Waals surface area contributed by atoms with E-state index in [-0.39, 0.29) is 11.7 Å². The summed E-state index contributed by atoms with van der Waals surface area (Å²) < 4.78 is 13.5. The second kappa shape index (κ2) is 7.55. The molecule has 2 rings (SSSR count). The van der Waals surface area contributed by atoms with Gasteiger partial charge in [-0.05, 0) is 25.2 Å². The maximum absolute atomic E-state index is 13.5. The Hall–Kier alpha value is -2.20. The Bertz CT molecular complexity index is 586. The number of hydrogen-bond donors (Lipinski definition) is 1. The summed E-state index contributed by atoms with van der Waals surface area (Å²) in [5.74, 6) is -0.250. The molecular weight excluding hydrogens is 267 g/mol. The van der Waals surface area contributed by atoms with Crippen LogP contribution in [-0.4, -0.2) is 24.4 Å². The predicted octanol–water partition coefficient (Wildman–Crippen LogP) is 3.29. The van der Waals surface area contributed by atoms with E-state index in [0.29, 0.717) is 25.1 Å². The molecular formula is C17H19FN2O. The molecule has 0 aromatic heterocycles. The van der Waals surface area contributed by atoms with Gasteiger partial charge in [0.15, 0.2) is 0 Å². The lowest BCUT2D eigenvalue weighted by molar-refractivity contribution is -0.116. The number of para-hydroxylation sites is 1. The van der Waals surface area contributed by atoms with Crippen LogP contribution in [0.2, 0.25) is 0 Å². The highest BCUT2D eigenvalue weighted by Gasteiger charge is 2.07. The van der Waals surface area contributed by atoms with Crippen molar-refractivity contribution >= 4 is 11.6 Å². The van der Waals surface area contributed by atoms with Gasteiger partial charge in [-0.3, -0.25) is 4.79 Å². The monoisotopic (exact) mass is 286 g/mol. The Morgan fingerprint density at radius 1 is 1.10 bits per heavy atom. The third kappa shape index (κ3) is 5.00. The molecule has 0 heterocycles. The van der Waals surface area contributed by atoms with E-state index in [1.807, 2.05) is 48.3 Å². The number of nitrogens with zero attached hydrogens (tertiary/aromatic N) is 1. The third-order valence-corrected chi connectivity index (χ3v) is 3.18. The summed E-state index contributed by atoms with van der Waals surface area (Å²) in [6.07, 6.45) is 0.375.